The third kappa shape index (κ3) is 4.79. The summed E-state index contributed by atoms with van der Waals surface area (Å²) < 4.78 is 23.8. The molecule has 3 rings (SSSR count). The molecule has 0 radical (unpaired) electrons. The first-order chi connectivity index (χ1) is 13.0. The number of hydrogen-bond acceptors (Lipinski definition) is 4. The second kappa shape index (κ2) is 8.27. The Morgan fingerprint density at radius 3 is 1.93 bits per heavy atom. The minimum Gasteiger partial charge on any atom is -0.479 e. The predicted molar refractivity (Wildman–Crippen MR) is 98.4 cm³/mol. The lowest BCUT2D eigenvalue weighted by molar-refractivity contribution is -0.141. The molecular formula is C22H17FO4. The molecule has 5 heteroatoms. The van der Waals surface area contributed by atoms with Crippen molar-refractivity contribution in [2.24, 2.45) is 0 Å². The Balaban J connectivity index is 1.62. The standard InChI is InChI=1S/C22H17FO4/c1-15(26-19-5-3-2-4-6-19)22(25)27-20-13-9-17(10-14-20)21(24)16-7-11-18(23)12-8-16/h2-15H,1H3/t15-/m0/s1. The molecule has 0 aliphatic rings. The number of ketones is 1. The Morgan fingerprint density at radius 2 is 1.33 bits per heavy atom. The van der Waals surface area contributed by atoms with Gasteiger partial charge in [0.1, 0.15) is 17.3 Å². The first-order valence-corrected chi connectivity index (χ1v) is 8.36. The second-order valence-electron chi connectivity index (χ2n) is 5.85. The molecular weight excluding hydrogens is 347 g/mol. The average molecular weight is 364 g/mol. The molecule has 0 bridgehead atoms. The topological polar surface area (TPSA) is 52.6 Å². The van der Waals surface area contributed by atoms with Gasteiger partial charge in [0.25, 0.3) is 0 Å². The summed E-state index contributed by atoms with van der Waals surface area (Å²) in [4.78, 5) is 24.5. The lowest BCUT2D eigenvalue weighted by atomic mass is 10.0. The van der Waals surface area contributed by atoms with Gasteiger partial charge < -0.3 is 9.47 Å². The highest BCUT2D eigenvalue weighted by Gasteiger charge is 2.17. The summed E-state index contributed by atoms with van der Waals surface area (Å²) in [7, 11) is 0. The summed E-state index contributed by atoms with van der Waals surface area (Å²) in [5.41, 5.74) is 0.793. The van der Waals surface area contributed by atoms with Crippen LogP contribution in [-0.4, -0.2) is 17.9 Å². The van der Waals surface area contributed by atoms with Gasteiger partial charge in [-0.05, 0) is 67.6 Å². The highest BCUT2D eigenvalue weighted by Crippen LogP contribution is 2.17. The SMILES string of the molecule is C[C@H](Oc1ccccc1)C(=O)Oc1ccc(C(=O)c2ccc(F)cc2)cc1. The van der Waals surface area contributed by atoms with Crippen LogP contribution in [0, 0.1) is 5.82 Å². The second-order valence-corrected chi connectivity index (χ2v) is 5.85. The van der Waals surface area contributed by atoms with E-state index in [0.717, 1.165) is 0 Å². The Morgan fingerprint density at radius 1 is 0.778 bits per heavy atom. The van der Waals surface area contributed by atoms with Crippen LogP contribution in [0.4, 0.5) is 4.39 Å². The fourth-order valence-electron chi connectivity index (χ4n) is 2.39. The molecule has 0 N–H and O–H groups in total. The number of para-hydroxylation sites is 1. The Bertz CT molecular complexity index is 919. The van der Waals surface area contributed by atoms with E-state index in [-0.39, 0.29) is 5.78 Å². The molecule has 0 saturated carbocycles. The molecule has 27 heavy (non-hydrogen) atoms. The van der Waals surface area contributed by atoms with Crippen LogP contribution in [-0.2, 0) is 4.79 Å². The van der Waals surface area contributed by atoms with Crippen molar-refractivity contribution >= 4 is 11.8 Å². The molecule has 136 valence electrons. The zero-order chi connectivity index (χ0) is 19.2. The van der Waals surface area contributed by atoms with E-state index in [2.05, 4.69) is 0 Å². The molecule has 0 amide bonds. The van der Waals surface area contributed by atoms with Crippen molar-refractivity contribution in [3.05, 3.63) is 95.8 Å². The van der Waals surface area contributed by atoms with E-state index in [1.807, 2.05) is 18.2 Å². The maximum atomic E-state index is 13.0. The Hall–Kier alpha value is -3.47. The van der Waals surface area contributed by atoms with Gasteiger partial charge in [-0.2, -0.15) is 0 Å². The number of ether oxygens (including phenoxy) is 2. The monoisotopic (exact) mass is 364 g/mol. The smallest absolute Gasteiger partial charge is 0.352 e. The van der Waals surface area contributed by atoms with Crippen LogP contribution < -0.4 is 9.47 Å². The van der Waals surface area contributed by atoms with Crippen LogP contribution in [0.1, 0.15) is 22.8 Å². The average Bonchev–Trinajstić information content (AvgIpc) is 2.69. The van der Waals surface area contributed by atoms with Gasteiger partial charge in [-0.15, -0.1) is 0 Å². The van der Waals surface area contributed by atoms with Crippen molar-refractivity contribution in [2.45, 2.75) is 13.0 Å². The number of carbonyl (C=O) groups excluding carboxylic acids is 2. The van der Waals surface area contributed by atoms with Crippen LogP contribution in [0.25, 0.3) is 0 Å². The maximum absolute atomic E-state index is 13.0. The lowest BCUT2D eigenvalue weighted by Crippen LogP contribution is -2.28. The minimum atomic E-state index is -0.784. The fraction of sp³-hybridized carbons (Fsp3) is 0.0909. The van der Waals surface area contributed by atoms with Crippen molar-refractivity contribution in [1.82, 2.24) is 0 Å². The van der Waals surface area contributed by atoms with Crippen molar-refractivity contribution in [3.8, 4) is 11.5 Å². The van der Waals surface area contributed by atoms with Gasteiger partial charge in [0, 0.05) is 11.1 Å². The highest BCUT2D eigenvalue weighted by molar-refractivity contribution is 6.09. The van der Waals surface area contributed by atoms with Crippen molar-refractivity contribution < 1.29 is 23.5 Å². The van der Waals surface area contributed by atoms with E-state index >= 15 is 0 Å². The molecule has 0 aromatic heterocycles. The van der Waals surface area contributed by atoms with E-state index in [1.54, 1.807) is 31.2 Å². The minimum absolute atomic E-state index is 0.242. The van der Waals surface area contributed by atoms with Gasteiger partial charge in [-0.25, -0.2) is 9.18 Å². The molecule has 0 aliphatic carbocycles. The lowest BCUT2D eigenvalue weighted by Gasteiger charge is -2.13. The molecule has 0 heterocycles. The highest BCUT2D eigenvalue weighted by atomic mass is 19.1. The number of carbonyl (C=O) groups is 2. The van der Waals surface area contributed by atoms with Crippen LogP contribution in [0.2, 0.25) is 0 Å². The van der Waals surface area contributed by atoms with Crippen LogP contribution >= 0.6 is 0 Å². The molecule has 1 atom stereocenters. The molecule has 0 saturated heterocycles. The summed E-state index contributed by atoms with van der Waals surface area (Å²) in [6.45, 7) is 1.60. The summed E-state index contributed by atoms with van der Waals surface area (Å²) in [5.74, 6) is -0.313. The van der Waals surface area contributed by atoms with E-state index in [9.17, 15) is 14.0 Å². The molecule has 3 aromatic carbocycles. The number of rotatable bonds is 6. The van der Waals surface area contributed by atoms with E-state index in [1.165, 1.54) is 36.4 Å². The van der Waals surface area contributed by atoms with Crippen molar-refractivity contribution in [2.75, 3.05) is 0 Å². The molecule has 3 aromatic rings. The summed E-state index contributed by atoms with van der Waals surface area (Å²) in [6, 6.07) is 20.5. The van der Waals surface area contributed by atoms with E-state index in [0.29, 0.717) is 22.6 Å². The van der Waals surface area contributed by atoms with Crippen molar-refractivity contribution in [3.63, 3.8) is 0 Å². The number of halogens is 1. The Kier molecular flexibility index (Phi) is 5.61. The summed E-state index contributed by atoms with van der Waals surface area (Å²) in [6.07, 6.45) is -0.784. The van der Waals surface area contributed by atoms with Crippen molar-refractivity contribution in [1.29, 1.82) is 0 Å². The summed E-state index contributed by atoms with van der Waals surface area (Å²) in [5, 5.41) is 0. The molecule has 0 aliphatic heterocycles. The quantitative estimate of drug-likeness (QED) is 0.369. The third-order valence-corrected chi connectivity index (χ3v) is 3.83. The van der Waals surface area contributed by atoms with Gasteiger partial charge in [-0.3, -0.25) is 4.79 Å². The molecule has 0 spiro atoms. The van der Waals surface area contributed by atoms with Gasteiger partial charge in [0.15, 0.2) is 11.9 Å². The van der Waals surface area contributed by atoms with Crippen LogP contribution in [0.15, 0.2) is 78.9 Å². The number of esters is 1. The zero-order valence-corrected chi connectivity index (χ0v) is 14.6. The van der Waals surface area contributed by atoms with E-state index < -0.39 is 17.9 Å². The predicted octanol–water partition coefficient (Wildman–Crippen LogP) is 4.43. The third-order valence-electron chi connectivity index (χ3n) is 3.83. The zero-order valence-electron chi connectivity index (χ0n) is 14.6. The van der Waals surface area contributed by atoms with Gasteiger partial charge in [0.05, 0.1) is 0 Å². The molecule has 4 nitrogen and oxygen atoms in total. The summed E-state index contributed by atoms with van der Waals surface area (Å²) >= 11 is 0. The first kappa shape index (κ1) is 18.3. The van der Waals surface area contributed by atoms with Gasteiger partial charge >= 0.3 is 5.97 Å². The fourth-order valence-corrected chi connectivity index (χ4v) is 2.39. The largest absolute Gasteiger partial charge is 0.479 e. The normalized spacial score (nSPS) is 11.5. The maximum Gasteiger partial charge on any atom is 0.352 e. The van der Waals surface area contributed by atoms with Crippen LogP contribution in [0.5, 0.6) is 11.5 Å². The van der Waals surface area contributed by atoms with Gasteiger partial charge in [-0.1, -0.05) is 18.2 Å². The molecule has 0 fully saturated rings. The Labute approximate surface area is 156 Å². The van der Waals surface area contributed by atoms with E-state index in [4.69, 9.17) is 9.47 Å². The number of benzene rings is 3. The number of hydrogen-bond donors (Lipinski definition) is 0. The molecule has 0 unspecified atom stereocenters. The van der Waals surface area contributed by atoms with Gasteiger partial charge in [0.2, 0.25) is 0 Å². The van der Waals surface area contributed by atoms with Crippen LogP contribution in [0.3, 0.4) is 0 Å². The first-order valence-electron chi connectivity index (χ1n) is 8.36.